The number of halogens is 1. The highest BCUT2D eigenvalue weighted by molar-refractivity contribution is 6.32. The van der Waals surface area contributed by atoms with Crippen molar-refractivity contribution in [1.82, 2.24) is 0 Å². The third-order valence-electron chi connectivity index (χ3n) is 3.08. The summed E-state index contributed by atoms with van der Waals surface area (Å²) in [5.74, 6) is 1.34. The van der Waals surface area contributed by atoms with Crippen LogP contribution in [0.3, 0.4) is 0 Å². The van der Waals surface area contributed by atoms with Crippen LogP contribution in [0.1, 0.15) is 5.56 Å². The van der Waals surface area contributed by atoms with E-state index in [9.17, 15) is 4.79 Å². The highest BCUT2D eigenvalue weighted by Gasteiger charge is 2.09. The summed E-state index contributed by atoms with van der Waals surface area (Å²) in [7, 11) is 3.09. The van der Waals surface area contributed by atoms with Crippen molar-refractivity contribution in [3.8, 4) is 17.2 Å². The predicted molar refractivity (Wildman–Crippen MR) is 89.9 cm³/mol. The molecule has 0 aliphatic carbocycles. The highest BCUT2D eigenvalue weighted by Crippen LogP contribution is 2.27. The molecule has 1 amide bonds. The fourth-order valence-corrected chi connectivity index (χ4v) is 2.11. The number of ether oxygens (including phenoxy) is 3. The van der Waals surface area contributed by atoms with Gasteiger partial charge in [0, 0.05) is 23.9 Å². The number of hydrogen-bond acceptors (Lipinski definition) is 4. The van der Waals surface area contributed by atoms with Crippen LogP contribution in [0.25, 0.3) is 0 Å². The molecule has 2 aromatic carbocycles. The van der Waals surface area contributed by atoms with Crippen LogP contribution in [0, 0.1) is 6.92 Å². The van der Waals surface area contributed by atoms with E-state index in [1.165, 1.54) is 0 Å². The molecule has 0 bridgehead atoms. The van der Waals surface area contributed by atoms with Gasteiger partial charge in [-0.3, -0.25) is 4.79 Å². The van der Waals surface area contributed by atoms with Crippen LogP contribution in [0.5, 0.6) is 17.2 Å². The summed E-state index contributed by atoms with van der Waals surface area (Å²) in [6.07, 6.45) is 0. The minimum atomic E-state index is -0.308. The Hall–Kier alpha value is -2.40. The standard InChI is InChI=1S/C17H18ClNO4/c1-11-4-5-15(18)16(6-11)23-10-17(20)19-12-7-13(21-2)9-14(8-12)22-3/h4-9H,10H2,1-3H3,(H,19,20). The quantitative estimate of drug-likeness (QED) is 0.874. The Morgan fingerprint density at radius 1 is 1.09 bits per heavy atom. The third-order valence-corrected chi connectivity index (χ3v) is 3.39. The summed E-state index contributed by atoms with van der Waals surface area (Å²) in [4.78, 5) is 12.0. The van der Waals surface area contributed by atoms with Gasteiger partial charge in [0.2, 0.25) is 0 Å². The molecule has 0 aliphatic rings. The van der Waals surface area contributed by atoms with Gasteiger partial charge in [0.25, 0.3) is 5.91 Å². The molecule has 0 atom stereocenters. The van der Waals surface area contributed by atoms with E-state index in [0.717, 1.165) is 5.56 Å². The van der Waals surface area contributed by atoms with Crippen molar-refractivity contribution in [2.45, 2.75) is 6.92 Å². The lowest BCUT2D eigenvalue weighted by Crippen LogP contribution is -2.20. The van der Waals surface area contributed by atoms with Gasteiger partial charge >= 0.3 is 0 Å². The Bertz CT molecular complexity index is 681. The number of benzene rings is 2. The van der Waals surface area contributed by atoms with Gasteiger partial charge < -0.3 is 19.5 Å². The van der Waals surface area contributed by atoms with E-state index in [-0.39, 0.29) is 12.5 Å². The van der Waals surface area contributed by atoms with E-state index in [0.29, 0.717) is 28.0 Å². The summed E-state index contributed by atoms with van der Waals surface area (Å²) in [6.45, 7) is 1.77. The first-order valence-electron chi connectivity index (χ1n) is 6.93. The van der Waals surface area contributed by atoms with Crippen molar-refractivity contribution in [2.75, 3.05) is 26.1 Å². The van der Waals surface area contributed by atoms with Gasteiger partial charge in [-0.15, -0.1) is 0 Å². The van der Waals surface area contributed by atoms with Gasteiger partial charge in [-0.05, 0) is 24.6 Å². The maximum Gasteiger partial charge on any atom is 0.262 e. The molecule has 0 radical (unpaired) electrons. The predicted octanol–water partition coefficient (Wildman–Crippen LogP) is 3.68. The second kappa shape index (κ2) is 7.74. The molecular formula is C17H18ClNO4. The number of amides is 1. The SMILES string of the molecule is COc1cc(NC(=O)COc2cc(C)ccc2Cl)cc(OC)c1. The van der Waals surface area contributed by atoms with Crippen LogP contribution in [-0.2, 0) is 4.79 Å². The van der Waals surface area contributed by atoms with E-state index < -0.39 is 0 Å². The van der Waals surface area contributed by atoms with Crippen LogP contribution in [-0.4, -0.2) is 26.7 Å². The molecule has 0 spiro atoms. The fraction of sp³-hybridized carbons (Fsp3) is 0.235. The molecule has 122 valence electrons. The lowest BCUT2D eigenvalue weighted by atomic mass is 10.2. The lowest BCUT2D eigenvalue weighted by Gasteiger charge is -2.11. The van der Waals surface area contributed by atoms with Crippen LogP contribution in [0.2, 0.25) is 5.02 Å². The number of carbonyl (C=O) groups excluding carboxylic acids is 1. The molecule has 0 aromatic heterocycles. The number of aryl methyl sites for hydroxylation is 1. The molecule has 1 N–H and O–H groups in total. The van der Waals surface area contributed by atoms with E-state index in [1.54, 1.807) is 44.6 Å². The number of rotatable bonds is 6. The van der Waals surface area contributed by atoms with Gasteiger partial charge in [-0.25, -0.2) is 0 Å². The minimum Gasteiger partial charge on any atom is -0.497 e. The maximum atomic E-state index is 12.0. The zero-order chi connectivity index (χ0) is 16.8. The Morgan fingerprint density at radius 3 is 2.35 bits per heavy atom. The van der Waals surface area contributed by atoms with Crippen LogP contribution < -0.4 is 19.5 Å². The molecule has 0 fully saturated rings. The molecule has 6 heteroatoms. The molecule has 0 saturated heterocycles. The molecule has 0 aliphatic heterocycles. The molecule has 0 saturated carbocycles. The second-order valence-electron chi connectivity index (χ2n) is 4.87. The van der Waals surface area contributed by atoms with Crippen molar-refractivity contribution < 1.29 is 19.0 Å². The van der Waals surface area contributed by atoms with E-state index in [1.807, 2.05) is 13.0 Å². The van der Waals surface area contributed by atoms with E-state index in [2.05, 4.69) is 5.32 Å². The van der Waals surface area contributed by atoms with Crippen molar-refractivity contribution in [1.29, 1.82) is 0 Å². The number of carbonyl (C=O) groups is 1. The Balaban J connectivity index is 2.01. The number of hydrogen-bond donors (Lipinski definition) is 1. The lowest BCUT2D eigenvalue weighted by molar-refractivity contribution is -0.118. The van der Waals surface area contributed by atoms with Gasteiger partial charge in [-0.1, -0.05) is 17.7 Å². The normalized spacial score (nSPS) is 10.1. The minimum absolute atomic E-state index is 0.150. The molecule has 2 aromatic rings. The summed E-state index contributed by atoms with van der Waals surface area (Å²) in [6, 6.07) is 10.5. The van der Waals surface area contributed by atoms with Gasteiger partial charge in [0.1, 0.15) is 17.2 Å². The smallest absolute Gasteiger partial charge is 0.262 e. The third kappa shape index (κ3) is 4.79. The summed E-state index contributed by atoms with van der Waals surface area (Å²) >= 11 is 6.03. The average Bonchev–Trinajstić information content (AvgIpc) is 2.55. The molecule has 0 unspecified atom stereocenters. The Kier molecular flexibility index (Phi) is 5.71. The molecule has 5 nitrogen and oxygen atoms in total. The van der Waals surface area contributed by atoms with Gasteiger partial charge in [-0.2, -0.15) is 0 Å². The molecule has 23 heavy (non-hydrogen) atoms. The first kappa shape index (κ1) is 17.0. The van der Waals surface area contributed by atoms with Gasteiger partial charge in [0.15, 0.2) is 6.61 Å². The monoisotopic (exact) mass is 335 g/mol. The first-order valence-corrected chi connectivity index (χ1v) is 7.31. The molecule has 2 rings (SSSR count). The van der Waals surface area contributed by atoms with Crippen molar-refractivity contribution in [3.63, 3.8) is 0 Å². The first-order chi connectivity index (χ1) is 11.0. The zero-order valence-corrected chi connectivity index (χ0v) is 13.9. The zero-order valence-electron chi connectivity index (χ0n) is 13.2. The number of methoxy groups -OCH3 is 2. The van der Waals surface area contributed by atoms with Crippen molar-refractivity contribution in [3.05, 3.63) is 47.0 Å². The Labute approximate surface area is 140 Å². The van der Waals surface area contributed by atoms with Gasteiger partial charge in [0.05, 0.1) is 19.2 Å². The maximum absolute atomic E-state index is 12.0. The van der Waals surface area contributed by atoms with Crippen molar-refractivity contribution in [2.24, 2.45) is 0 Å². The molecule has 0 heterocycles. The molecular weight excluding hydrogens is 318 g/mol. The topological polar surface area (TPSA) is 56.8 Å². The largest absolute Gasteiger partial charge is 0.497 e. The number of nitrogens with one attached hydrogen (secondary N) is 1. The van der Waals surface area contributed by atoms with E-state index in [4.69, 9.17) is 25.8 Å². The highest BCUT2D eigenvalue weighted by atomic mass is 35.5. The summed E-state index contributed by atoms with van der Waals surface area (Å²) in [5, 5.41) is 3.19. The van der Waals surface area contributed by atoms with E-state index >= 15 is 0 Å². The average molecular weight is 336 g/mol. The second-order valence-corrected chi connectivity index (χ2v) is 5.28. The van der Waals surface area contributed by atoms with Crippen LogP contribution in [0.15, 0.2) is 36.4 Å². The number of anilines is 1. The van der Waals surface area contributed by atoms with Crippen LogP contribution >= 0.6 is 11.6 Å². The van der Waals surface area contributed by atoms with Crippen LogP contribution in [0.4, 0.5) is 5.69 Å². The summed E-state index contributed by atoms with van der Waals surface area (Å²) < 4.78 is 15.8. The Morgan fingerprint density at radius 2 is 1.74 bits per heavy atom. The fourth-order valence-electron chi connectivity index (χ4n) is 1.94. The van der Waals surface area contributed by atoms with Crippen molar-refractivity contribution >= 4 is 23.2 Å². The summed E-state index contributed by atoms with van der Waals surface area (Å²) in [5.41, 5.74) is 1.56.